The van der Waals surface area contributed by atoms with Crippen molar-refractivity contribution < 1.29 is 9.66 Å². The summed E-state index contributed by atoms with van der Waals surface area (Å²) < 4.78 is 5.97. The zero-order valence-corrected chi connectivity index (χ0v) is 11.2. The first-order valence-corrected chi connectivity index (χ1v) is 6.45. The van der Waals surface area contributed by atoms with Gasteiger partial charge in [-0.1, -0.05) is 32.4 Å². The molecular formula is C13H23NO3. The molecule has 0 spiro atoms. The van der Waals surface area contributed by atoms with Gasteiger partial charge in [-0.15, -0.1) is 0 Å². The van der Waals surface area contributed by atoms with Gasteiger partial charge < -0.3 is 4.74 Å². The second-order valence-corrected chi connectivity index (χ2v) is 4.97. The molecule has 0 saturated heterocycles. The Morgan fingerprint density at radius 1 is 1.53 bits per heavy atom. The molecule has 0 aromatic heterocycles. The van der Waals surface area contributed by atoms with Gasteiger partial charge in [-0.3, -0.25) is 10.1 Å². The maximum Gasteiger partial charge on any atom is 0.222 e. The Morgan fingerprint density at radius 3 is 2.59 bits per heavy atom. The van der Waals surface area contributed by atoms with E-state index in [1.54, 1.807) is 0 Å². The first-order chi connectivity index (χ1) is 7.99. The molecule has 0 amide bonds. The van der Waals surface area contributed by atoms with Crippen LogP contribution in [-0.2, 0) is 4.74 Å². The van der Waals surface area contributed by atoms with Gasteiger partial charge in [0.25, 0.3) is 0 Å². The molecule has 0 unspecified atom stereocenters. The minimum atomic E-state index is -0.501. The lowest BCUT2D eigenvalue weighted by molar-refractivity contribution is -0.534. The minimum Gasteiger partial charge on any atom is -0.370 e. The predicted octanol–water partition coefficient (Wildman–Crippen LogP) is 3.19. The monoisotopic (exact) mass is 241 g/mol. The van der Waals surface area contributed by atoms with Gasteiger partial charge in [-0.2, -0.15) is 0 Å². The highest BCUT2D eigenvalue weighted by atomic mass is 16.6. The molecule has 1 aliphatic rings. The predicted molar refractivity (Wildman–Crippen MR) is 67.6 cm³/mol. The van der Waals surface area contributed by atoms with Crippen molar-refractivity contribution in [3.8, 4) is 0 Å². The van der Waals surface area contributed by atoms with E-state index in [4.69, 9.17) is 4.74 Å². The van der Waals surface area contributed by atoms with Crippen LogP contribution in [0.5, 0.6) is 0 Å². The molecule has 0 aromatic carbocycles. The van der Waals surface area contributed by atoms with E-state index in [1.165, 1.54) is 0 Å². The Hall–Kier alpha value is -0.900. The third-order valence-corrected chi connectivity index (χ3v) is 3.64. The van der Waals surface area contributed by atoms with Crippen molar-refractivity contribution in [2.24, 2.45) is 5.92 Å². The number of hydrogen-bond acceptors (Lipinski definition) is 3. The molecule has 0 N–H and O–H groups in total. The molecule has 4 heteroatoms. The van der Waals surface area contributed by atoms with Crippen molar-refractivity contribution in [2.45, 2.75) is 65.2 Å². The fraction of sp³-hybridized carbons (Fsp3) is 0.846. The highest BCUT2D eigenvalue weighted by Crippen LogP contribution is 2.29. The summed E-state index contributed by atoms with van der Waals surface area (Å²) in [4.78, 5) is 10.8. The lowest BCUT2D eigenvalue weighted by Crippen LogP contribution is -2.40. The molecule has 0 bridgehead atoms. The van der Waals surface area contributed by atoms with Gasteiger partial charge in [-0.05, 0) is 19.8 Å². The topological polar surface area (TPSA) is 52.4 Å². The Labute approximate surface area is 103 Å². The van der Waals surface area contributed by atoms with Gasteiger partial charge in [0.05, 0.1) is 18.1 Å². The van der Waals surface area contributed by atoms with Crippen LogP contribution >= 0.6 is 0 Å². The van der Waals surface area contributed by atoms with Gasteiger partial charge >= 0.3 is 0 Å². The SMILES string of the molecule is CCC(CC)O[C@@H]1C=C(C)C[C@@H]([N+](=O)[O-])[C@H]1C. The molecule has 98 valence electrons. The van der Waals surface area contributed by atoms with E-state index in [0.717, 1.165) is 18.4 Å². The molecule has 1 aliphatic carbocycles. The third kappa shape index (κ3) is 3.53. The van der Waals surface area contributed by atoms with Crippen molar-refractivity contribution in [3.63, 3.8) is 0 Å². The van der Waals surface area contributed by atoms with Crippen molar-refractivity contribution in [3.05, 3.63) is 21.8 Å². The molecule has 4 nitrogen and oxygen atoms in total. The normalized spacial score (nSPS) is 29.2. The second-order valence-electron chi connectivity index (χ2n) is 4.97. The lowest BCUT2D eigenvalue weighted by atomic mass is 9.84. The van der Waals surface area contributed by atoms with E-state index < -0.39 is 6.04 Å². The molecule has 3 atom stereocenters. The maximum atomic E-state index is 11.0. The van der Waals surface area contributed by atoms with Crippen molar-refractivity contribution in [1.82, 2.24) is 0 Å². The molecule has 0 aromatic rings. The molecule has 0 heterocycles. The number of nitrogens with zero attached hydrogens (tertiary/aromatic N) is 1. The molecule has 17 heavy (non-hydrogen) atoms. The summed E-state index contributed by atoms with van der Waals surface area (Å²) in [5.74, 6) is -0.0469. The fourth-order valence-corrected chi connectivity index (χ4v) is 2.37. The van der Waals surface area contributed by atoms with Crippen LogP contribution in [0.4, 0.5) is 0 Å². The Morgan fingerprint density at radius 2 is 2.12 bits per heavy atom. The van der Waals surface area contributed by atoms with E-state index in [-0.39, 0.29) is 23.0 Å². The summed E-state index contributed by atoms with van der Waals surface area (Å²) in [5.41, 5.74) is 1.07. The van der Waals surface area contributed by atoms with Gasteiger partial charge in [-0.25, -0.2) is 0 Å². The van der Waals surface area contributed by atoms with E-state index in [0.29, 0.717) is 6.42 Å². The summed E-state index contributed by atoms with van der Waals surface area (Å²) in [5, 5.41) is 11.0. The smallest absolute Gasteiger partial charge is 0.222 e. The van der Waals surface area contributed by atoms with E-state index in [2.05, 4.69) is 19.9 Å². The van der Waals surface area contributed by atoms with Gasteiger partial charge in [0.2, 0.25) is 6.04 Å². The average molecular weight is 241 g/mol. The van der Waals surface area contributed by atoms with Crippen LogP contribution in [0.2, 0.25) is 0 Å². The Kier molecular flexibility index (Phi) is 5.12. The molecular weight excluding hydrogens is 218 g/mol. The van der Waals surface area contributed by atoms with Crippen LogP contribution in [-0.4, -0.2) is 23.2 Å². The zero-order valence-electron chi connectivity index (χ0n) is 11.2. The standard InChI is InChI=1S/C13H23NO3/c1-5-11(6-2)17-13-8-9(3)7-12(10(13)4)14(15)16/h8,10-13H,5-7H2,1-4H3/t10-,12-,13-/m1/s1. The summed E-state index contributed by atoms with van der Waals surface area (Å²) in [7, 11) is 0. The maximum absolute atomic E-state index is 11.0. The van der Waals surface area contributed by atoms with Crippen LogP contribution in [0, 0.1) is 16.0 Å². The number of ether oxygens (including phenoxy) is 1. The van der Waals surface area contributed by atoms with Crippen molar-refractivity contribution >= 4 is 0 Å². The van der Waals surface area contributed by atoms with Gasteiger partial charge in [0.1, 0.15) is 0 Å². The average Bonchev–Trinajstić information content (AvgIpc) is 2.29. The summed E-state index contributed by atoms with van der Waals surface area (Å²) in [6.07, 6.45) is 4.62. The Bertz CT molecular complexity index is 297. The number of hydrogen-bond donors (Lipinski definition) is 0. The first kappa shape index (κ1) is 14.2. The highest BCUT2D eigenvalue weighted by Gasteiger charge is 2.37. The van der Waals surface area contributed by atoms with E-state index in [1.807, 2.05) is 13.8 Å². The quantitative estimate of drug-likeness (QED) is 0.422. The third-order valence-electron chi connectivity index (χ3n) is 3.64. The highest BCUT2D eigenvalue weighted by molar-refractivity contribution is 5.11. The minimum absolute atomic E-state index is 0.0469. The van der Waals surface area contributed by atoms with Crippen LogP contribution in [0.15, 0.2) is 11.6 Å². The summed E-state index contributed by atoms with van der Waals surface area (Å²) >= 11 is 0. The number of rotatable bonds is 5. The summed E-state index contributed by atoms with van der Waals surface area (Å²) in [6.45, 7) is 8.04. The van der Waals surface area contributed by atoms with Crippen LogP contribution < -0.4 is 0 Å². The molecule has 0 radical (unpaired) electrons. The summed E-state index contributed by atoms with van der Waals surface area (Å²) in [6, 6.07) is -0.501. The lowest BCUT2D eigenvalue weighted by Gasteiger charge is -2.31. The fourth-order valence-electron chi connectivity index (χ4n) is 2.37. The first-order valence-electron chi connectivity index (χ1n) is 6.45. The van der Waals surface area contributed by atoms with Crippen LogP contribution in [0.3, 0.4) is 0 Å². The molecule has 0 fully saturated rings. The molecule has 0 aliphatic heterocycles. The van der Waals surface area contributed by atoms with Crippen LogP contribution in [0.25, 0.3) is 0 Å². The van der Waals surface area contributed by atoms with E-state index >= 15 is 0 Å². The molecule has 0 saturated carbocycles. The largest absolute Gasteiger partial charge is 0.370 e. The van der Waals surface area contributed by atoms with Crippen LogP contribution in [0.1, 0.15) is 47.0 Å². The van der Waals surface area contributed by atoms with Gasteiger partial charge in [0.15, 0.2) is 0 Å². The Balaban J connectivity index is 2.76. The number of nitro groups is 1. The van der Waals surface area contributed by atoms with Gasteiger partial charge in [0, 0.05) is 11.3 Å². The molecule has 1 rings (SSSR count). The van der Waals surface area contributed by atoms with Crippen molar-refractivity contribution in [1.29, 1.82) is 0 Å². The zero-order chi connectivity index (χ0) is 13.0. The van der Waals surface area contributed by atoms with Crippen molar-refractivity contribution in [2.75, 3.05) is 0 Å². The van der Waals surface area contributed by atoms with E-state index in [9.17, 15) is 10.1 Å². The second kappa shape index (κ2) is 6.15.